The third-order valence-corrected chi connectivity index (χ3v) is 6.51. The third-order valence-electron chi connectivity index (χ3n) is 4.62. The second-order valence-electron chi connectivity index (χ2n) is 6.64. The van der Waals surface area contributed by atoms with Gasteiger partial charge in [0.2, 0.25) is 15.9 Å². The molecular formula is C20H18F4N2O3S. The second kappa shape index (κ2) is 8.57. The fraction of sp³-hybridized carbons (Fsp3) is 0.250. The summed E-state index contributed by atoms with van der Waals surface area (Å²) in [4.78, 5) is 13.3. The van der Waals surface area contributed by atoms with Crippen molar-refractivity contribution in [1.29, 1.82) is 0 Å². The lowest BCUT2D eigenvalue weighted by molar-refractivity contribution is -0.137. The van der Waals surface area contributed by atoms with E-state index in [1.54, 1.807) is 6.07 Å². The molecule has 0 radical (unpaired) electrons. The lowest BCUT2D eigenvalue weighted by Gasteiger charge is -2.33. The standard InChI is InChI=1S/C20H18F4N2O3S/c21-17-5-1-3-15(13-17)7-8-19(27)25-9-11-26(12-10-25)30(28,29)18-6-2-4-16(14-18)20(22,23)24/h1-8,13-14H,9-12H2/b8-7+. The van der Waals surface area contributed by atoms with Crippen molar-refractivity contribution in [2.24, 2.45) is 0 Å². The molecule has 0 atom stereocenters. The summed E-state index contributed by atoms with van der Waals surface area (Å²) in [5.41, 5.74) is -0.533. The van der Waals surface area contributed by atoms with Crippen molar-refractivity contribution in [2.75, 3.05) is 26.2 Å². The maximum Gasteiger partial charge on any atom is 0.416 e. The molecule has 30 heavy (non-hydrogen) atoms. The zero-order valence-electron chi connectivity index (χ0n) is 15.6. The van der Waals surface area contributed by atoms with Crippen molar-refractivity contribution in [3.05, 3.63) is 71.6 Å². The number of carbonyl (C=O) groups is 1. The van der Waals surface area contributed by atoms with Gasteiger partial charge in [0.25, 0.3) is 0 Å². The summed E-state index contributed by atoms with van der Waals surface area (Å²) in [6.45, 7) is 0.0886. The van der Waals surface area contributed by atoms with Gasteiger partial charge < -0.3 is 4.90 Å². The SMILES string of the molecule is O=C(/C=C/c1cccc(F)c1)N1CCN(S(=O)(=O)c2cccc(C(F)(F)F)c2)CC1. The van der Waals surface area contributed by atoms with Gasteiger partial charge in [-0.2, -0.15) is 17.5 Å². The van der Waals surface area contributed by atoms with Crippen LogP contribution in [0.3, 0.4) is 0 Å². The van der Waals surface area contributed by atoms with E-state index in [9.17, 15) is 30.8 Å². The fourth-order valence-electron chi connectivity index (χ4n) is 3.01. The maximum atomic E-state index is 13.2. The number of piperazine rings is 1. The van der Waals surface area contributed by atoms with Crippen molar-refractivity contribution in [1.82, 2.24) is 9.21 Å². The van der Waals surface area contributed by atoms with Gasteiger partial charge in [0, 0.05) is 32.3 Å². The highest BCUT2D eigenvalue weighted by Gasteiger charge is 2.34. The van der Waals surface area contributed by atoms with Crippen LogP contribution in [0.5, 0.6) is 0 Å². The van der Waals surface area contributed by atoms with Gasteiger partial charge in [0.05, 0.1) is 10.5 Å². The van der Waals surface area contributed by atoms with E-state index in [1.807, 2.05) is 0 Å². The molecule has 1 saturated heterocycles. The number of hydrogen-bond donors (Lipinski definition) is 0. The Morgan fingerprint density at radius 2 is 1.63 bits per heavy atom. The van der Waals surface area contributed by atoms with E-state index in [4.69, 9.17) is 0 Å². The molecule has 1 heterocycles. The smallest absolute Gasteiger partial charge is 0.337 e. The minimum Gasteiger partial charge on any atom is -0.337 e. The molecule has 2 aromatic carbocycles. The molecule has 1 amide bonds. The zero-order valence-corrected chi connectivity index (χ0v) is 16.5. The second-order valence-corrected chi connectivity index (χ2v) is 8.58. The van der Waals surface area contributed by atoms with Crippen LogP contribution in [0.25, 0.3) is 6.08 Å². The van der Waals surface area contributed by atoms with E-state index in [2.05, 4.69) is 0 Å². The molecule has 3 rings (SSSR count). The van der Waals surface area contributed by atoms with Gasteiger partial charge in [-0.15, -0.1) is 0 Å². The molecule has 160 valence electrons. The fourth-order valence-corrected chi connectivity index (χ4v) is 4.48. The van der Waals surface area contributed by atoms with Crippen LogP contribution in [0.15, 0.2) is 59.5 Å². The van der Waals surface area contributed by atoms with E-state index in [1.165, 1.54) is 35.3 Å². The average Bonchev–Trinajstić information content (AvgIpc) is 2.71. The van der Waals surface area contributed by atoms with Gasteiger partial charge in [-0.1, -0.05) is 18.2 Å². The van der Waals surface area contributed by atoms with E-state index in [0.29, 0.717) is 11.6 Å². The number of benzene rings is 2. The minimum absolute atomic E-state index is 0.0435. The van der Waals surface area contributed by atoms with Crippen molar-refractivity contribution in [2.45, 2.75) is 11.1 Å². The predicted octanol–water partition coefficient (Wildman–Crippen LogP) is 3.39. The summed E-state index contributed by atoms with van der Waals surface area (Å²) in [6, 6.07) is 9.27. The largest absolute Gasteiger partial charge is 0.416 e. The number of rotatable bonds is 4. The van der Waals surface area contributed by atoms with Gasteiger partial charge in [-0.05, 0) is 42.0 Å². The Balaban J connectivity index is 1.65. The summed E-state index contributed by atoms with van der Waals surface area (Å²) >= 11 is 0. The Labute approximate surface area is 171 Å². The third kappa shape index (κ3) is 5.06. The van der Waals surface area contributed by atoms with Gasteiger partial charge in [0.15, 0.2) is 0 Å². The molecule has 10 heteroatoms. The van der Waals surface area contributed by atoms with Crippen LogP contribution in [0.4, 0.5) is 17.6 Å². The molecule has 0 aliphatic carbocycles. The molecule has 0 spiro atoms. The van der Waals surface area contributed by atoms with Crippen LogP contribution in [-0.4, -0.2) is 49.7 Å². The summed E-state index contributed by atoms with van der Waals surface area (Å²) in [7, 11) is -4.12. The number of hydrogen-bond acceptors (Lipinski definition) is 3. The molecule has 0 N–H and O–H groups in total. The topological polar surface area (TPSA) is 57.7 Å². The van der Waals surface area contributed by atoms with E-state index in [0.717, 1.165) is 22.5 Å². The molecule has 2 aromatic rings. The first kappa shape index (κ1) is 22.0. The van der Waals surface area contributed by atoms with E-state index >= 15 is 0 Å². The summed E-state index contributed by atoms with van der Waals surface area (Å²) in [6.07, 6.45) is -1.92. The van der Waals surface area contributed by atoms with Crippen LogP contribution in [0.2, 0.25) is 0 Å². The van der Waals surface area contributed by atoms with Crippen LogP contribution in [-0.2, 0) is 21.0 Å². The number of alkyl halides is 3. The monoisotopic (exact) mass is 442 g/mol. The number of carbonyl (C=O) groups excluding carboxylic acids is 1. The Bertz CT molecular complexity index is 1060. The molecule has 0 aromatic heterocycles. The van der Waals surface area contributed by atoms with Crippen LogP contribution < -0.4 is 0 Å². The highest BCUT2D eigenvalue weighted by molar-refractivity contribution is 7.89. The number of sulfonamides is 1. The number of nitrogens with zero attached hydrogens (tertiary/aromatic N) is 2. The molecular weight excluding hydrogens is 424 g/mol. The van der Waals surface area contributed by atoms with E-state index in [-0.39, 0.29) is 32.1 Å². The number of amides is 1. The average molecular weight is 442 g/mol. The van der Waals surface area contributed by atoms with Crippen molar-refractivity contribution < 1.29 is 30.8 Å². The molecule has 0 bridgehead atoms. The van der Waals surface area contributed by atoms with Crippen molar-refractivity contribution >= 4 is 22.0 Å². The van der Waals surface area contributed by atoms with Gasteiger partial charge in [0.1, 0.15) is 5.82 Å². The van der Waals surface area contributed by atoms with E-state index < -0.39 is 32.5 Å². The molecule has 1 aliphatic heterocycles. The molecule has 0 saturated carbocycles. The van der Waals surface area contributed by atoms with Gasteiger partial charge in [-0.25, -0.2) is 12.8 Å². The Kier molecular flexibility index (Phi) is 6.27. The highest BCUT2D eigenvalue weighted by atomic mass is 32.2. The van der Waals surface area contributed by atoms with Crippen LogP contribution >= 0.6 is 0 Å². The van der Waals surface area contributed by atoms with Gasteiger partial charge >= 0.3 is 6.18 Å². The molecule has 1 fully saturated rings. The Morgan fingerprint density at radius 1 is 0.967 bits per heavy atom. The van der Waals surface area contributed by atoms with Crippen molar-refractivity contribution in [3.8, 4) is 0 Å². The zero-order chi connectivity index (χ0) is 21.9. The summed E-state index contributed by atoms with van der Waals surface area (Å²) in [5.74, 6) is -0.798. The quantitative estimate of drug-likeness (QED) is 0.539. The number of halogens is 4. The highest BCUT2D eigenvalue weighted by Crippen LogP contribution is 2.31. The lowest BCUT2D eigenvalue weighted by atomic mass is 10.2. The van der Waals surface area contributed by atoms with Gasteiger partial charge in [-0.3, -0.25) is 4.79 Å². The molecule has 1 aliphatic rings. The van der Waals surface area contributed by atoms with Crippen LogP contribution in [0.1, 0.15) is 11.1 Å². The van der Waals surface area contributed by atoms with Crippen LogP contribution in [0, 0.1) is 5.82 Å². The first-order valence-corrected chi connectivity index (χ1v) is 10.4. The maximum absolute atomic E-state index is 13.2. The first-order chi connectivity index (χ1) is 14.1. The predicted molar refractivity (Wildman–Crippen MR) is 102 cm³/mol. The lowest BCUT2D eigenvalue weighted by Crippen LogP contribution is -2.50. The Hall–Kier alpha value is -2.72. The first-order valence-electron chi connectivity index (χ1n) is 8.97. The summed E-state index contributed by atoms with van der Waals surface area (Å²) in [5, 5.41) is 0. The Morgan fingerprint density at radius 3 is 2.27 bits per heavy atom. The normalized spacial score (nSPS) is 16.2. The van der Waals surface area contributed by atoms with Crippen molar-refractivity contribution in [3.63, 3.8) is 0 Å². The minimum atomic E-state index is -4.65. The molecule has 5 nitrogen and oxygen atoms in total. The summed E-state index contributed by atoms with van der Waals surface area (Å²) < 4.78 is 78.2. The molecule has 0 unspecified atom stereocenters.